The van der Waals surface area contributed by atoms with E-state index in [-0.39, 0.29) is 12.5 Å². The first-order chi connectivity index (χ1) is 12.3. The van der Waals surface area contributed by atoms with E-state index in [0.717, 1.165) is 5.56 Å². The standard InChI is InChI=1S/C18H12N4O3/c23-18(13-6-7-14-15(10-13)20-9-8-19-14)24-11-16-21-22-17(25-16)12-4-2-1-3-5-12/h1-10H,11H2. The quantitative estimate of drug-likeness (QED) is 0.530. The Morgan fingerprint density at radius 3 is 2.60 bits per heavy atom. The van der Waals surface area contributed by atoms with Crippen LogP contribution in [-0.2, 0) is 11.3 Å². The van der Waals surface area contributed by atoms with Gasteiger partial charge in [0, 0.05) is 18.0 Å². The van der Waals surface area contributed by atoms with Crippen molar-refractivity contribution in [3.63, 3.8) is 0 Å². The van der Waals surface area contributed by atoms with Gasteiger partial charge < -0.3 is 9.15 Å². The molecular formula is C18H12N4O3. The summed E-state index contributed by atoms with van der Waals surface area (Å²) in [7, 11) is 0. The number of carbonyl (C=O) groups excluding carboxylic acids is 1. The summed E-state index contributed by atoms with van der Waals surface area (Å²) in [5, 5.41) is 7.84. The van der Waals surface area contributed by atoms with E-state index >= 15 is 0 Å². The number of carbonyl (C=O) groups is 1. The number of rotatable bonds is 4. The molecular weight excluding hydrogens is 320 g/mol. The van der Waals surface area contributed by atoms with Crippen molar-refractivity contribution < 1.29 is 13.9 Å². The Bertz CT molecular complexity index is 1030. The Hall–Kier alpha value is -3.61. The fourth-order valence-electron chi connectivity index (χ4n) is 2.31. The van der Waals surface area contributed by atoms with Crippen LogP contribution in [0.15, 0.2) is 65.3 Å². The third kappa shape index (κ3) is 3.20. The lowest BCUT2D eigenvalue weighted by atomic mass is 10.2. The highest BCUT2D eigenvalue weighted by Gasteiger charge is 2.13. The maximum atomic E-state index is 12.2. The van der Waals surface area contributed by atoms with Gasteiger partial charge in [0.15, 0.2) is 6.61 Å². The van der Waals surface area contributed by atoms with Gasteiger partial charge in [-0.05, 0) is 30.3 Å². The van der Waals surface area contributed by atoms with Crippen LogP contribution >= 0.6 is 0 Å². The van der Waals surface area contributed by atoms with Crippen molar-refractivity contribution in [2.45, 2.75) is 6.61 Å². The molecule has 2 aromatic carbocycles. The Morgan fingerprint density at radius 2 is 1.76 bits per heavy atom. The van der Waals surface area contributed by atoms with E-state index in [0.29, 0.717) is 22.5 Å². The van der Waals surface area contributed by atoms with E-state index < -0.39 is 5.97 Å². The number of aromatic nitrogens is 4. The molecule has 0 N–H and O–H groups in total. The molecule has 4 rings (SSSR count). The Morgan fingerprint density at radius 1 is 0.960 bits per heavy atom. The predicted octanol–water partition coefficient (Wildman–Crippen LogP) is 3.04. The summed E-state index contributed by atoms with van der Waals surface area (Å²) in [6, 6.07) is 14.4. The van der Waals surface area contributed by atoms with Gasteiger partial charge in [-0.3, -0.25) is 9.97 Å². The topological polar surface area (TPSA) is 91.0 Å². The van der Waals surface area contributed by atoms with Gasteiger partial charge in [-0.25, -0.2) is 4.79 Å². The summed E-state index contributed by atoms with van der Waals surface area (Å²) >= 11 is 0. The molecule has 2 heterocycles. The van der Waals surface area contributed by atoms with Crippen molar-refractivity contribution in [3.05, 3.63) is 72.4 Å². The highest BCUT2D eigenvalue weighted by Crippen LogP contribution is 2.18. The van der Waals surface area contributed by atoms with Gasteiger partial charge in [0.05, 0.1) is 16.6 Å². The van der Waals surface area contributed by atoms with E-state index in [1.807, 2.05) is 30.3 Å². The van der Waals surface area contributed by atoms with Gasteiger partial charge in [0.25, 0.3) is 5.89 Å². The minimum atomic E-state index is -0.494. The number of hydrogen-bond donors (Lipinski definition) is 0. The lowest BCUT2D eigenvalue weighted by molar-refractivity contribution is 0.0439. The molecule has 0 atom stereocenters. The predicted molar refractivity (Wildman–Crippen MR) is 88.4 cm³/mol. The molecule has 2 aromatic heterocycles. The second kappa shape index (κ2) is 6.48. The molecule has 0 unspecified atom stereocenters. The van der Waals surface area contributed by atoms with Crippen molar-refractivity contribution in [3.8, 4) is 11.5 Å². The lowest BCUT2D eigenvalue weighted by Crippen LogP contribution is -2.05. The molecule has 0 spiro atoms. The molecule has 7 nitrogen and oxygen atoms in total. The first-order valence-electron chi connectivity index (χ1n) is 7.55. The second-order valence-corrected chi connectivity index (χ2v) is 5.20. The van der Waals surface area contributed by atoms with Crippen LogP contribution in [0, 0.1) is 0 Å². The summed E-state index contributed by atoms with van der Waals surface area (Å²) in [6.07, 6.45) is 3.17. The fourth-order valence-corrected chi connectivity index (χ4v) is 2.31. The smallest absolute Gasteiger partial charge is 0.338 e. The molecule has 0 amide bonds. The van der Waals surface area contributed by atoms with Crippen molar-refractivity contribution in [2.75, 3.05) is 0 Å². The SMILES string of the molecule is O=C(OCc1nnc(-c2ccccc2)o1)c1ccc2nccnc2c1. The maximum absolute atomic E-state index is 12.2. The van der Waals surface area contributed by atoms with Crippen LogP contribution in [0.25, 0.3) is 22.5 Å². The normalized spacial score (nSPS) is 10.7. The highest BCUT2D eigenvalue weighted by molar-refractivity contribution is 5.93. The Labute approximate surface area is 142 Å². The number of fused-ring (bicyclic) bond motifs is 1. The van der Waals surface area contributed by atoms with Gasteiger partial charge >= 0.3 is 5.97 Å². The summed E-state index contributed by atoms with van der Waals surface area (Å²) in [5.74, 6) is 0.118. The summed E-state index contributed by atoms with van der Waals surface area (Å²) < 4.78 is 10.7. The molecule has 0 aliphatic carbocycles. The van der Waals surface area contributed by atoms with Gasteiger partial charge in [0.2, 0.25) is 5.89 Å². The molecule has 7 heteroatoms. The van der Waals surface area contributed by atoms with Crippen molar-refractivity contribution in [2.24, 2.45) is 0 Å². The summed E-state index contributed by atoms with van der Waals surface area (Å²) in [5.41, 5.74) is 2.53. The minimum absolute atomic E-state index is 0.100. The highest BCUT2D eigenvalue weighted by atomic mass is 16.5. The molecule has 0 aliphatic heterocycles. The number of hydrogen-bond acceptors (Lipinski definition) is 7. The van der Waals surface area contributed by atoms with Crippen LogP contribution in [0.3, 0.4) is 0 Å². The number of benzene rings is 2. The molecule has 0 saturated heterocycles. The van der Waals surface area contributed by atoms with Crippen LogP contribution < -0.4 is 0 Å². The van der Waals surface area contributed by atoms with Gasteiger partial charge in [-0.2, -0.15) is 0 Å². The van der Waals surface area contributed by atoms with E-state index in [2.05, 4.69) is 20.2 Å². The van der Waals surface area contributed by atoms with Crippen LogP contribution in [0.5, 0.6) is 0 Å². The van der Waals surface area contributed by atoms with Crippen molar-refractivity contribution in [1.82, 2.24) is 20.2 Å². The molecule has 4 aromatic rings. The molecule has 0 radical (unpaired) electrons. The maximum Gasteiger partial charge on any atom is 0.338 e. The molecule has 0 bridgehead atoms. The lowest BCUT2D eigenvalue weighted by Gasteiger charge is -2.03. The average molecular weight is 332 g/mol. The fraction of sp³-hybridized carbons (Fsp3) is 0.0556. The second-order valence-electron chi connectivity index (χ2n) is 5.20. The molecule has 0 saturated carbocycles. The Balaban J connectivity index is 1.45. The van der Waals surface area contributed by atoms with Crippen LogP contribution in [-0.4, -0.2) is 26.1 Å². The van der Waals surface area contributed by atoms with E-state index in [4.69, 9.17) is 9.15 Å². The number of ether oxygens (including phenoxy) is 1. The Kier molecular flexibility index (Phi) is 3.88. The largest absolute Gasteiger partial charge is 0.452 e. The van der Waals surface area contributed by atoms with E-state index in [9.17, 15) is 4.79 Å². The van der Waals surface area contributed by atoms with Gasteiger partial charge in [0.1, 0.15) is 0 Å². The summed E-state index contributed by atoms with van der Waals surface area (Å²) in [4.78, 5) is 20.5. The zero-order chi connectivity index (χ0) is 17.1. The first kappa shape index (κ1) is 14.9. The van der Waals surface area contributed by atoms with Crippen LogP contribution in [0.1, 0.15) is 16.2 Å². The van der Waals surface area contributed by atoms with Crippen LogP contribution in [0.2, 0.25) is 0 Å². The number of esters is 1. The molecule has 25 heavy (non-hydrogen) atoms. The van der Waals surface area contributed by atoms with Gasteiger partial charge in [-0.15, -0.1) is 10.2 Å². The average Bonchev–Trinajstić information content (AvgIpc) is 3.15. The molecule has 0 fully saturated rings. The third-order valence-electron chi connectivity index (χ3n) is 3.52. The summed E-state index contributed by atoms with van der Waals surface area (Å²) in [6.45, 7) is -0.100. The van der Waals surface area contributed by atoms with Gasteiger partial charge in [-0.1, -0.05) is 18.2 Å². The number of nitrogens with zero attached hydrogens (tertiary/aromatic N) is 4. The molecule has 0 aliphatic rings. The minimum Gasteiger partial charge on any atom is -0.452 e. The third-order valence-corrected chi connectivity index (χ3v) is 3.52. The van der Waals surface area contributed by atoms with Crippen molar-refractivity contribution >= 4 is 17.0 Å². The van der Waals surface area contributed by atoms with E-state index in [1.54, 1.807) is 30.6 Å². The van der Waals surface area contributed by atoms with E-state index in [1.165, 1.54) is 0 Å². The first-order valence-corrected chi connectivity index (χ1v) is 7.55. The van der Waals surface area contributed by atoms with Crippen molar-refractivity contribution in [1.29, 1.82) is 0 Å². The van der Waals surface area contributed by atoms with Crippen LogP contribution in [0.4, 0.5) is 0 Å². The molecule has 122 valence electrons. The monoisotopic (exact) mass is 332 g/mol. The zero-order valence-electron chi connectivity index (χ0n) is 13.0. The zero-order valence-corrected chi connectivity index (χ0v) is 13.0.